The molecule has 1 unspecified atom stereocenters. The zero-order valence-electron chi connectivity index (χ0n) is 18.2. The van der Waals surface area contributed by atoms with E-state index in [4.69, 9.17) is 4.74 Å². The second-order valence-corrected chi connectivity index (χ2v) is 8.38. The monoisotopic (exact) mass is 418 g/mol. The summed E-state index contributed by atoms with van der Waals surface area (Å²) in [6.07, 6.45) is 0.130. The molecule has 162 valence electrons. The number of ether oxygens (including phenoxy) is 1. The van der Waals surface area contributed by atoms with Crippen molar-refractivity contribution in [3.05, 3.63) is 82.9 Å². The standard InChI is InChI=1S/C26H30N2O3/c1-18-14-20(10-11-23(18)26(29)30)16-28-12-13-31-22(17-28)15-27-19(2)24-9-5-7-21-6-3-4-8-25(21)24/h3-11,14,19,22,27H,12-13,15-17H2,1-2H3,(H,29,30)/t19-,22?/m1/s1. The van der Waals surface area contributed by atoms with Crippen LogP contribution in [0.3, 0.4) is 0 Å². The first kappa shape index (κ1) is 21.5. The van der Waals surface area contributed by atoms with Crippen molar-refractivity contribution in [1.82, 2.24) is 10.2 Å². The molecule has 3 aromatic rings. The second kappa shape index (κ2) is 9.60. The Hall–Kier alpha value is -2.73. The average Bonchev–Trinajstić information content (AvgIpc) is 2.77. The van der Waals surface area contributed by atoms with Crippen LogP contribution in [0.1, 0.15) is 40.0 Å². The lowest BCUT2D eigenvalue weighted by atomic mass is 9.99. The molecule has 0 saturated carbocycles. The number of aryl methyl sites for hydroxylation is 1. The summed E-state index contributed by atoms with van der Waals surface area (Å²) in [5.41, 5.74) is 3.62. The van der Waals surface area contributed by atoms with Crippen LogP contribution in [0.4, 0.5) is 0 Å². The van der Waals surface area contributed by atoms with Gasteiger partial charge in [0.2, 0.25) is 0 Å². The van der Waals surface area contributed by atoms with Gasteiger partial charge >= 0.3 is 5.97 Å². The molecular weight excluding hydrogens is 388 g/mol. The number of aromatic carboxylic acids is 1. The van der Waals surface area contributed by atoms with E-state index in [1.807, 2.05) is 19.1 Å². The molecule has 0 radical (unpaired) electrons. The summed E-state index contributed by atoms with van der Waals surface area (Å²) >= 11 is 0. The highest BCUT2D eigenvalue weighted by Gasteiger charge is 2.22. The third-order valence-electron chi connectivity index (χ3n) is 6.09. The van der Waals surface area contributed by atoms with Crippen LogP contribution in [0.5, 0.6) is 0 Å². The van der Waals surface area contributed by atoms with Crippen LogP contribution >= 0.6 is 0 Å². The highest BCUT2D eigenvalue weighted by molar-refractivity contribution is 5.89. The van der Waals surface area contributed by atoms with E-state index in [0.717, 1.165) is 37.3 Å². The lowest BCUT2D eigenvalue weighted by Crippen LogP contribution is -2.46. The van der Waals surface area contributed by atoms with Gasteiger partial charge in [-0.05, 0) is 47.4 Å². The molecule has 0 aromatic heterocycles. The predicted octanol–water partition coefficient (Wildman–Crippen LogP) is 4.40. The van der Waals surface area contributed by atoms with Crippen LogP contribution in [0.25, 0.3) is 10.8 Å². The SMILES string of the molecule is Cc1cc(CN2CCOC(CN[C@H](C)c3cccc4ccccc34)C2)ccc1C(=O)O. The van der Waals surface area contributed by atoms with E-state index < -0.39 is 5.97 Å². The van der Waals surface area contributed by atoms with Gasteiger partial charge in [0.25, 0.3) is 0 Å². The number of fused-ring (bicyclic) bond motifs is 1. The largest absolute Gasteiger partial charge is 0.478 e. The van der Waals surface area contributed by atoms with E-state index in [-0.39, 0.29) is 12.1 Å². The minimum absolute atomic E-state index is 0.130. The molecule has 0 spiro atoms. The number of morpholine rings is 1. The minimum atomic E-state index is -0.873. The molecule has 1 saturated heterocycles. The van der Waals surface area contributed by atoms with E-state index in [9.17, 15) is 9.90 Å². The van der Waals surface area contributed by atoms with Gasteiger partial charge in [0.15, 0.2) is 0 Å². The Labute approximate surface area is 183 Å². The van der Waals surface area contributed by atoms with Crippen molar-refractivity contribution in [2.24, 2.45) is 0 Å². The van der Waals surface area contributed by atoms with E-state index in [2.05, 4.69) is 59.6 Å². The van der Waals surface area contributed by atoms with Gasteiger partial charge in [0, 0.05) is 32.2 Å². The zero-order valence-corrected chi connectivity index (χ0v) is 18.2. The van der Waals surface area contributed by atoms with Crippen molar-refractivity contribution < 1.29 is 14.6 Å². The van der Waals surface area contributed by atoms with Crippen LogP contribution in [0.15, 0.2) is 60.7 Å². The lowest BCUT2D eigenvalue weighted by molar-refractivity contribution is -0.0308. The van der Waals surface area contributed by atoms with Crippen molar-refractivity contribution in [2.75, 3.05) is 26.2 Å². The van der Waals surface area contributed by atoms with Gasteiger partial charge in [-0.3, -0.25) is 4.90 Å². The summed E-state index contributed by atoms with van der Waals surface area (Å²) in [6, 6.07) is 20.8. The number of carboxylic acids is 1. The zero-order chi connectivity index (χ0) is 21.8. The first-order chi connectivity index (χ1) is 15.0. The summed E-state index contributed by atoms with van der Waals surface area (Å²) < 4.78 is 6.01. The molecule has 5 heteroatoms. The topological polar surface area (TPSA) is 61.8 Å². The molecule has 0 amide bonds. The molecule has 0 bridgehead atoms. The maximum Gasteiger partial charge on any atom is 0.335 e. The van der Waals surface area contributed by atoms with Crippen molar-refractivity contribution >= 4 is 16.7 Å². The highest BCUT2D eigenvalue weighted by Crippen LogP contribution is 2.24. The summed E-state index contributed by atoms with van der Waals surface area (Å²) in [4.78, 5) is 13.6. The number of hydrogen-bond donors (Lipinski definition) is 2. The molecule has 2 N–H and O–H groups in total. The number of rotatable bonds is 7. The maximum absolute atomic E-state index is 11.2. The number of hydrogen-bond acceptors (Lipinski definition) is 4. The Morgan fingerprint density at radius 1 is 1.19 bits per heavy atom. The third kappa shape index (κ3) is 5.13. The first-order valence-electron chi connectivity index (χ1n) is 10.9. The first-order valence-corrected chi connectivity index (χ1v) is 10.9. The molecule has 1 heterocycles. The van der Waals surface area contributed by atoms with E-state index in [0.29, 0.717) is 12.2 Å². The number of carbonyl (C=O) groups is 1. The van der Waals surface area contributed by atoms with Crippen molar-refractivity contribution in [1.29, 1.82) is 0 Å². The smallest absolute Gasteiger partial charge is 0.335 e. The Morgan fingerprint density at radius 3 is 2.81 bits per heavy atom. The van der Waals surface area contributed by atoms with Crippen molar-refractivity contribution in [3.63, 3.8) is 0 Å². The van der Waals surface area contributed by atoms with Gasteiger partial charge in [0.05, 0.1) is 18.3 Å². The summed E-state index contributed by atoms with van der Waals surface area (Å²) in [5, 5.41) is 15.4. The molecule has 4 rings (SSSR count). The quantitative estimate of drug-likeness (QED) is 0.596. The van der Waals surface area contributed by atoms with Gasteiger partial charge in [0.1, 0.15) is 0 Å². The number of nitrogens with zero attached hydrogens (tertiary/aromatic N) is 1. The second-order valence-electron chi connectivity index (χ2n) is 8.38. The normalized spacial score (nSPS) is 18.2. The van der Waals surface area contributed by atoms with Gasteiger partial charge in [-0.25, -0.2) is 4.79 Å². The Morgan fingerprint density at radius 2 is 2.00 bits per heavy atom. The molecule has 5 nitrogen and oxygen atoms in total. The maximum atomic E-state index is 11.2. The van der Waals surface area contributed by atoms with E-state index in [1.54, 1.807) is 6.07 Å². The molecule has 2 atom stereocenters. The Balaban J connectivity index is 1.35. The van der Waals surface area contributed by atoms with Crippen molar-refractivity contribution in [3.8, 4) is 0 Å². The van der Waals surface area contributed by atoms with Crippen LogP contribution in [-0.4, -0.2) is 48.3 Å². The molecule has 1 fully saturated rings. The fraction of sp³-hybridized carbons (Fsp3) is 0.346. The van der Waals surface area contributed by atoms with Crippen LogP contribution < -0.4 is 5.32 Å². The number of nitrogens with one attached hydrogen (secondary N) is 1. The van der Waals surface area contributed by atoms with Gasteiger partial charge < -0.3 is 15.2 Å². The summed E-state index contributed by atoms with van der Waals surface area (Å²) in [7, 11) is 0. The third-order valence-corrected chi connectivity index (χ3v) is 6.09. The molecule has 1 aliphatic rings. The number of benzene rings is 3. The van der Waals surface area contributed by atoms with Gasteiger partial charge in [-0.2, -0.15) is 0 Å². The van der Waals surface area contributed by atoms with Crippen LogP contribution in [0, 0.1) is 6.92 Å². The van der Waals surface area contributed by atoms with Crippen LogP contribution in [-0.2, 0) is 11.3 Å². The molecule has 0 aliphatic carbocycles. The Kier molecular flexibility index (Phi) is 6.66. The summed E-state index contributed by atoms with van der Waals surface area (Å²) in [5.74, 6) is -0.873. The van der Waals surface area contributed by atoms with E-state index >= 15 is 0 Å². The molecule has 1 aliphatic heterocycles. The van der Waals surface area contributed by atoms with E-state index in [1.165, 1.54) is 16.3 Å². The average molecular weight is 419 g/mol. The van der Waals surface area contributed by atoms with Gasteiger partial charge in [-0.1, -0.05) is 54.6 Å². The van der Waals surface area contributed by atoms with Gasteiger partial charge in [-0.15, -0.1) is 0 Å². The minimum Gasteiger partial charge on any atom is -0.478 e. The van der Waals surface area contributed by atoms with Crippen LogP contribution in [0.2, 0.25) is 0 Å². The number of carboxylic acid groups (broad SMARTS) is 1. The van der Waals surface area contributed by atoms with Crippen molar-refractivity contribution in [2.45, 2.75) is 32.5 Å². The summed E-state index contributed by atoms with van der Waals surface area (Å²) in [6.45, 7) is 8.10. The fourth-order valence-electron chi connectivity index (χ4n) is 4.42. The Bertz CT molecular complexity index is 1060. The molecular formula is C26H30N2O3. The molecule has 31 heavy (non-hydrogen) atoms. The highest BCUT2D eigenvalue weighted by atomic mass is 16.5. The predicted molar refractivity (Wildman–Crippen MR) is 124 cm³/mol. The lowest BCUT2D eigenvalue weighted by Gasteiger charge is -2.34. The molecule has 3 aromatic carbocycles. The fourth-order valence-corrected chi connectivity index (χ4v) is 4.42.